The van der Waals surface area contributed by atoms with Crippen LogP contribution in [0.1, 0.15) is 29.6 Å². The Morgan fingerprint density at radius 2 is 1.55 bits per heavy atom. The molecule has 0 radical (unpaired) electrons. The Labute approximate surface area is 191 Å². The number of hydrogen-bond acceptors (Lipinski definition) is 3. The van der Waals surface area contributed by atoms with E-state index in [-0.39, 0.29) is 5.91 Å². The first-order valence-corrected chi connectivity index (χ1v) is 12.4. The van der Waals surface area contributed by atoms with E-state index in [2.05, 4.69) is 21.2 Å². The van der Waals surface area contributed by atoms with Crippen molar-refractivity contribution >= 4 is 37.5 Å². The summed E-state index contributed by atoms with van der Waals surface area (Å²) in [6, 6.07) is 21.6. The summed E-state index contributed by atoms with van der Waals surface area (Å²) in [4.78, 5) is 13.0. The lowest BCUT2D eigenvalue weighted by atomic mass is 10.0. The van der Waals surface area contributed by atoms with Crippen LogP contribution in [0.2, 0.25) is 0 Å². The van der Waals surface area contributed by atoms with E-state index in [1.165, 1.54) is 0 Å². The lowest BCUT2D eigenvalue weighted by Gasteiger charge is -2.25. The molecule has 0 saturated carbocycles. The SMILES string of the molecule is O=C(Nc1cccc(Br)c1)c1cccc(-c2ccc(S(=O)(=O)N3CCCCC3)cc2)c1. The third-order valence-corrected chi connectivity index (χ3v) is 7.75. The highest BCUT2D eigenvalue weighted by atomic mass is 79.9. The molecule has 31 heavy (non-hydrogen) atoms. The fraction of sp³-hybridized carbons (Fsp3) is 0.208. The van der Waals surface area contributed by atoms with Crippen LogP contribution >= 0.6 is 15.9 Å². The highest BCUT2D eigenvalue weighted by Gasteiger charge is 2.25. The minimum atomic E-state index is -3.46. The molecule has 1 heterocycles. The predicted molar refractivity (Wildman–Crippen MR) is 127 cm³/mol. The van der Waals surface area contributed by atoms with Gasteiger partial charge in [-0.2, -0.15) is 4.31 Å². The van der Waals surface area contributed by atoms with E-state index in [0.29, 0.717) is 29.2 Å². The lowest BCUT2D eigenvalue weighted by molar-refractivity contribution is 0.102. The van der Waals surface area contributed by atoms with Crippen molar-refractivity contribution < 1.29 is 13.2 Å². The number of amides is 1. The Hall–Kier alpha value is -2.48. The van der Waals surface area contributed by atoms with Gasteiger partial charge in [-0.15, -0.1) is 0 Å². The average Bonchev–Trinajstić information content (AvgIpc) is 2.80. The van der Waals surface area contributed by atoms with Crippen LogP contribution < -0.4 is 5.32 Å². The number of hydrogen-bond donors (Lipinski definition) is 1. The number of sulfonamides is 1. The van der Waals surface area contributed by atoms with Crippen molar-refractivity contribution in [1.82, 2.24) is 4.31 Å². The van der Waals surface area contributed by atoms with Gasteiger partial charge in [0.15, 0.2) is 0 Å². The highest BCUT2D eigenvalue weighted by Crippen LogP contribution is 2.26. The summed E-state index contributed by atoms with van der Waals surface area (Å²) in [6.45, 7) is 1.17. The van der Waals surface area contributed by atoms with Crippen LogP contribution in [0.25, 0.3) is 11.1 Å². The molecule has 4 rings (SSSR count). The van der Waals surface area contributed by atoms with E-state index < -0.39 is 10.0 Å². The fourth-order valence-corrected chi connectivity index (χ4v) is 5.60. The van der Waals surface area contributed by atoms with Gasteiger partial charge in [0.2, 0.25) is 10.0 Å². The zero-order valence-corrected chi connectivity index (χ0v) is 19.3. The van der Waals surface area contributed by atoms with E-state index in [4.69, 9.17) is 0 Å². The van der Waals surface area contributed by atoms with Crippen molar-refractivity contribution in [1.29, 1.82) is 0 Å². The van der Waals surface area contributed by atoms with Crippen LogP contribution in [-0.4, -0.2) is 31.7 Å². The third kappa shape index (κ3) is 5.06. The highest BCUT2D eigenvalue weighted by molar-refractivity contribution is 9.10. The molecule has 3 aromatic rings. The minimum absolute atomic E-state index is 0.204. The molecule has 0 atom stereocenters. The zero-order chi connectivity index (χ0) is 21.8. The molecule has 0 bridgehead atoms. The molecule has 5 nitrogen and oxygen atoms in total. The molecule has 1 aliphatic rings. The molecule has 1 amide bonds. The molecule has 0 spiro atoms. The molecule has 1 saturated heterocycles. The number of halogens is 1. The molecule has 0 aliphatic carbocycles. The number of benzene rings is 3. The summed E-state index contributed by atoms with van der Waals surface area (Å²) in [7, 11) is -3.46. The van der Waals surface area contributed by atoms with E-state index in [1.54, 1.807) is 34.6 Å². The standard InChI is InChI=1S/C24H23BrN2O3S/c25-21-8-5-9-22(17-21)26-24(28)20-7-4-6-19(16-20)18-10-12-23(13-11-18)31(29,30)27-14-2-1-3-15-27/h4-13,16-17H,1-3,14-15H2,(H,26,28). The van der Waals surface area contributed by atoms with Crippen molar-refractivity contribution in [3.8, 4) is 11.1 Å². The van der Waals surface area contributed by atoms with Gasteiger partial charge in [-0.05, 0) is 66.4 Å². The number of piperidine rings is 1. The maximum atomic E-state index is 12.8. The second-order valence-electron chi connectivity index (χ2n) is 7.53. The maximum absolute atomic E-state index is 12.8. The van der Waals surface area contributed by atoms with Gasteiger partial charge in [-0.25, -0.2) is 8.42 Å². The third-order valence-electron chi connectivity index (χ3n) is 5.35. The van der Waals surface area contributed by atoms with Crippen molar-refractivity contribution in [3.63, 3.8) is 0 Å². The molecule has 160 valence electrons. The normalized spacial score (nSPS) is 14.9. The fourth-order valence-electron chi connectivity index (χ4n) is 3.68. The monoisotopic (exact) mass is 498 g/mol. The van der Waals surface area contributed by atoms with Crippen molar-refractivity contribution in [2.45, 2.75) is 24.2 Å². The molecule has 1 aliphatic heterocycles. The number of carbonyl (C=O) groups is 1. The first kappa shape index (κ1) is 21.7. The van der Waals surface area contributed by atoms with Crippen LogP contribution in [0.4, 0.5) is 5.69 Å². The second-order valence-corrected chi connectivity index (χ2v) is 10.4. The van der Waals surface area contributed by atoms with Crippen LogP contribution in [0.3, 0.4) is 0 Å². The Morgan fingerprint density at radius 1 is 0.839 bits per heavy atom. The number of anilines is 1. The molecule has 0 aromatic heterocycles. The molecule has 7 heteroatoms. The van der Waals surface area contributed by atoms with Crippen molar-refractivity contribution in [3.05, 3.63) is 82.8 Å². The van der Waals surface area contributed by atoms with Gasteiger partial charge in [0.1, 0.15) is 0 Å². The van der Waals surface area contributed by atoms with Crippen LogP contribution in [-0.2, 0) is 10.0 Å². The summed E-state index contributed by atoms with van der Waals surface area (Å²) >= 11 is 3.40. The smallest absolute Gasteiger partial charge is 0.255 e. The molecule has 1 fully saturated rings. The zero-order valence-electron chi connectivity index (χ0n) is 16.9. The largest absolute Gasteiger partial charge is 0.322 e. The Kier molecular flexibility index (Phi) is 6.55. The first-order valence-electron chi connectivity index (χ1n) is 10.2. The number of nitrogens with one attached hydrogen (secondary N) is 1. The molecule has 0 unspecified atom stereocenters. The maximum Gasteiger partial charge on any atom is 0.255 e. The molecular formula is C24H23BrN2O3S. The summed E-state index contributed by atoms with van der Waals surface area (Å²) in [5, 5.41) is 2.89. The van der Waals surface area contributed by atoms with Gasteiger partial charge in [0.25, 0.3) is 5.91 Å². The summed E-state index contributed by atoms with van der Waals surface area (Å²) in [6.07, 6.45) is 2.90. The van der Waals surface area contributed by atoms with Gasteiger partial charge >= 0.3 is 0 Å². The van der Waals surface area contributed by atoms with E-state index in [1.807, 2.05) is 42.5 Å². The Balaban J connectivity index is 1.53. The lowest BCUT2D eigenvalue weighted by Crippen LogP contribution is -2.35. The molecule has 1 N–H and O–H groups in total. The average molecular weight is 499 g/mol. The number of nitrogens with zero attached hydrogens (tertiary/aromatic N) is 1. The van der Waals surface area contributed by atoms with Crippen LogP contribution in [0.5, 0.6) is 0 Å². The van der Waals surface area contributed by atoms with E-state index in [0.717, 1.165) is 34.9 Å². The molecular weight excluding hydrogens is 476 g/mol. The number of rotatable bonds is 5. The summed E-state index contributed by atoms with van der Waals surface area (Å²) in [5.41, 5.74) is 2.94. The topological polar surface area (TPSA) is 66.5 Å². The second kappa shape index (κ2) is 9.34. The van der Waals surface area contributed by atoms with E-state index in [9.17, 15) is 13.2 Å². The molecule has 3 aromatic carbocycles. The predicted octanol–water partition coefficient (Wildman–Crippen LogP) is 5.54. The van der Waals surface area contributed by atoms with Crippen LogP contribution in [0, 0.1) is 0 Å². The van der Waals surface area contributed by atoms with E-state index >= 15 is 0 Å². The first-order chi connectivity index (χ1) is 14.9. The van der Waals surface area contributed by atoms with Crippen molar-refractivity contribution in [2.24, 2.45) is 0 Å². The summed E-state index contributed by atoms with van der Waals surface area (Å²) in [5.74, 6) is -0.204. The Morgan fingerprint density at radius 3 is 2.26 bits per heavy atom. The van der Waals surface area contributed by atoms with Gasteiger partial charge < -0.3 is 5.32 Å². The van der Waals surface area contributed by atoms with Gasteiger partial charge in [-0.3, -0.25) is 4.79 Å². The quantitative estimate of drug-likeness (QED) is 0.501. The van der Waals surface area contributed by atoms with Crippen molar-refractivity contribution in [2.75, 3.05) is 18.4 Å². The minimum Gasteiger partial charge on any atom is -0.322 e. The number of carbonyl (C=O) groups excluding carboxylic acids is 1. The van der Waals surface area contributed by atoms with Gasteiger partial charge in [0.05, 0.1) is 4.90 Å². The Bertz CT molecular complexity index is 1190. The van der Waals surface area contributed by atoms with Gasteiger partial charge in [0, 0.05) is 28.8 Å². The summed E-state index contributed by atoms with van der Waals surface area (Å²) < 4.78 is 28.1. The van der Waals surface area contributed by atoms with Crippen LogP contribution in [0.15, 0.2) is 82.2 Å². The van der Waals surface area contributed by atoms with Gasteiger partial charge in [-0.1, -0.05) is 52.7 Å².